The summed E-state index contributed by atoms with van der Waals surface area (Å²) in [6.07, 6.45) is 90.5. The van der Waals surface area contributed by atoms with Gasteiger partial charge >= 0.3 is 17.9 Å². The van der Waals surface area contributed by atoms with E-state index in [2.05, 4.69) is 191 Å². The number of allylic oxidation sites excluding steroid dienone is 32. The maximum Gasteiger partial charge on any atom is 0.306 e. The molecule has 0 rings (SSSR count). The second kappa shape index (κ2) is 74.2. The monoisotopic (exact) mass is 1180 g/mol. The topological polar surface area (TPSA) is 180 Å². The van der Waals surface area contributed by atoms with Gasteiger partial charge in [-0.1, -0.05) is 235 Å². The van der Waals surface area contributed by atoms with Crippen LogP contribution < -0.4 is 0 Å². The number of carbonyl (C=O) groups excluding carboxylic acids is 3. The van der Waals surface area contributed by atoms with Crippen molar-refractivity contribution in [1.82, 2.24) is 0 Å². The van der Waals surface area contributed by atoms with Crippen molar-refractivity contribution in [3.05, 3.63) is 194 Å². The number of rotatable bonds is 51. The van der Waals surface area contributed by atoms with Gasteiger partial charge in [0, 0.05) is 19.3 Å². The van der Waals surface area contributed by atoms with Crippen molar-refractivity contribution < 1.29 is 54.1 Å². The molecule has 0 aromatic rings. The van der Waals surface area contributed by atoms with E-state index in [1.165, 1.54) is 25.7 Å². The van der Waals surface area contributed by atoms with Crippen LogP contribution in [0.5, 0.6) is 0 Å². The zero-order valence-corrected chi connectivity index (χ0v) is 53.0. The fourth-order valence-electron chi connectivity index (χ4n) is 6.61. The summed E-state index contributed by atoms with van der Waals surface area (Å²) in [5, 5.41) is 44.7. The van der Waals surface area contributed by atoms with Crippen molar-refractivity contribution in [2.75, 3.05) is 33.0 Å². The van der Waals surface area contributed by atoms with Gasteiger partial charge in [-0.2, -0.15) is 0 Å². The standard InChI is InChI=1S/C25H40O4.C25H38O4.C24H38O3/c2*1-2-3-4-5-6-7-8-9-10-11-12-13-14-15-16-17-18-19-20-21-25(28)29-23-24(27)22-26;1-3-5-6-7-8-9-10-11-12-13-14-15-16-17-18-19-20-21-24(26)27-22-23(25)4-2/h6-7,9-10,12-13,15-16,18-19,24,26-27H,2-5,8,11,14,17,20-23H2,1H3;3-4,6-7,9-10,12-13,15-16,18-19,24,26-27H,2,5,8,11,14,17,20-23H2,1H3;5-6,8-9,11-12,14-15,17-18,23,25H,3-4,7,10,13,16,19-22H2,1-2H3/b7-6-,10-9-,13-12-,16-15-,19-18-;4-3-,7-6-,10-9-,13-12-,16-15-,19-18-;6-5-,9-8-,12-11-,15-14-,18-17-. The van der Waals surface area contributed by atoms with E-state index in [4.69, 9.17) is 34.6 Å². The molecule has 0 aliphatic rings. The Morgan fingerprint density at radius 2 is 0.529 bits per heavy atom. The van der Waals surface area contributed by atoms with Gasteiger partial charge in [0.05, 0.1) is 19.3 Å². The molecule has 478 valence electrons. The minimum atomic E-state index is -0.996. The summed E-state index contributed by atoms with van der Waals surface area (Å²) in [6, 6.07) is 0. The molecule has 0 aliphatic heterocycles. The Labute approximate surface area is 516 Å². The number of hydrogen-bond acceptors (Lipinski definition) is 11. The van der Waals surface area contributed by atoms with E-state index in [-0.39, 0.29) is 50.6 Å². The minimum Gasteiger partial charge on any atom is -0.463 e. The van der Waals surface area contributed by atoms with E-state index < -0.39 is 31.5 Å². The third kappa shape index (κ3) is 78.0. The highest BCUT2D eigenvalue weighted by Crippen LogP contribution is 2.05. The lowest BCUT2D eigenvalue weighted by Crippen LogP contribution is -2.21. The number of unbranched alkanes of at least 4 members (excludes halogenated alkanes) is 4. The van der Waals surface area contributed by atoms with E-state index in [0.29, 0.717) is 25.7 Å². The Bertz CT molecular complexity index is 2000. The van der Waals surface area contributed by atoms with Crippen molar-refractivity contribution >= 4 is 17.9 Å². The van der Waals surface area contributed by atoms with Crippen LogP contribution >= 0.6 is 0 Å². The maximum atomic E-state index is 11.4. The van der Waals surface area contributed by atoms with Gasteiger partial charge in [0.1, 0.15) is 32.0 Å². The van der Waals surface area contributed by atoms with Crippen LogP contribution in [0.25, 0.3) is 0 Å². The molecule has 3 unspecified atom stereocenters. The highest BCUT2D eigenvalue weighted by Gasteiger charge is 2.08. The van der Waals surface area contributed by atoms with Crippen LogP contribution in [0.4, 0.5) is 0 Å². The van der Waals surface area contributed by atoms with Gasteiger partial charge in [-0.25, -0.2) is 0 Å². The van der Waals surface area contributed by atoms with Gasteiger partial charge in [0.25, 0.3) is 0 Å². The molecule has 85 heavy (non-hydrogen) atoms. The number of aliphatic hydroxyl groups is 5. The lowest BCUT2D eigenvalue weighted by Gasteiger charge is -2.08. The number of carbonyl (C=O) groups is 3. The van der Waals surface area contributed by atoms with Crippen molar-refractivity contribution in [2.24, 2.45) is 0 Å². The molecule has 3 atom stereocenters. The van der Waals surface area contributed by atoms with Crippen molar-refractivity contribution in [3.63, 3.8) is 0 Å². The van der Waals surface area contributed by atoms with Crippen LogP contribution in [-0.4, -0.2) is 94.8 Å². The minimum absolute atomic E-state index is 0.108. The van der Waals surface area contributed by atoms with Crippen molar-refractivity contribution in [2.45, 2.75) is 219 Å². The second-order valence-corrected chi connectivity index (χ2v) is 19.7. The summed E-state index contributed by atoms with van der Waals surface area (Å²) in [5.74, 6) is -0.952. The van der Waals surface area contributed by atoms with Gasteiger partial charge in [-0.15, -0.1) is 0 Å². The van der Waals surface area contributed by atoms with Gasteiger partial charge in [0.2, 0.25) is 0 Å². The molecule has 0 heterocycles. The summed E-state index contributed by atoms with van der Waals surface area (Å²) >= 11 is 0. The average Bonchev–Trinajstić information content (AvgIpc) is 3.51. The van der Waals surface area contributed by atoms with Gasteiger partial charge in [-0.3, -0.25) is 14.4 Å². The molecular weight excluding hydrogens is 1060 g/mol. The quantitative estimate of drug-likeness (QED) is 0.0169. The lowest BCUT2D eigenvalue weighted by molar-refractivity contribution is -0.148. The molecular formula is C74H116O11. The predicted molar refractivity (Wildman–Crippen MR) is 359 cm³/mol. The maximum absolute atomic E-state index is 11.4. The van der Waals surface area contributed by atoms with E-state index in [9.17, 15) is 19.5 Å². The van der Waals surface area contributed by atoms with E-state index >= 15 is 0 Å². The third-order valence-electron chi connectivity index (χ3n) is 11.6. The Morgan fingerprint density at radius 1 is 0.294 bits per heavy atom. The molecule has 0 aliphatic carbocycles. The number of aliphatic hydroxyl groups excluding tert-OH is 5. The van der Waals surface area contributed by atoms with E-state index in [1.807, 2.05) is 31.2 Å². The first-order valence-electron chi connectivity index (χ1n) is 31.7. The Morgan fingerprint density at radius 3 is 0.788 bits per heavy atom. The lowest BCUT2D eigenvalue weighted by atomic mass is 10.2. The molecule has 0 bridgehead atoms. The molecule has 0 amide bonds. The molecule has 11 heteroatoms. The predicted octanol–water partition coefficient (Wildman–Crippen LogP) is 17.2. The SMILES string of the molecule is CC/C=C\C/C=C\C/C=C\C/C=C\C/C=C\C/C=C\CCC(=O)OCC(O)CO.CC/C=C\C/C=C\C/C=C\C/C=C\C/C=C\CCCC(=O)OCC(O)CC.CCCCC/C=C\C/C=C\C/C=C\C/C=C\C/C=C\CCC(=O)OCC(O)CO. The molecule has 0 fully saturated rings. The second-order valence-electron chi connectivity index (χ2n) is 19.7. The van der Waals surface area contributed by atoms with Crippen molar-refractivity contribution in [1.29, 1.82) is 0 Å². The zero-order chi connectivity index (χ0) is 62.8. The molecule has 0 aromatic heterocycles. The van der Waals surface area contributed by atoms with Gasteiger partial charge in [-0.05, 0) is 141 Å². The van der Waals surface area contributed by atoms with Crippen molar-refractivity contribution in [3.8, 4) is 0 Å². The number of hydrogen-bond donors (Lipinski definition) is 5. The molecule has 5 N–H and O–H groups in total. The Hall–Kier alpha value is -5.95. The van der Waals surface area contributed by atoms with Crippen LogP contribution in [0.3, 0.4) is 0 Å². The smallest absolute Gasteiger partial charge is 0.306 e. The summed E-state index contributed by atoms with van der Waals surface area (Å²) in [5.41, 5.74) is 0. The van der Waals surface area contributed by atoms with Gasteiger partial charge < -0.3 is 39.7 Å². The molecule has 0 radical (unpaired) electrons. The molecule has 0 saturated carbocycles. The fourth-order valence-corrected chi connectivity index (χ4v) is 6.61. The summed E-state index contributed by atoms with van der Waals surface area (Å²) in [6.45, 7) is 7.38. The Kier molecular flexibility index (Phi) is 72.6. The van der Waals surface area contributed by atoms with Crippen LogP contribution in [0.2, 0.25) is 0 Å². The summed E-state index contributed by atoms with van der Waals surface area (Å²) in [4.78, 5) is 34.2. The molecule has 0 spiro atoms. The average molecular weight is 1180 g/mol. The number of ether oxygens (including phenoxy) is 3. The first-order valence-corrected chi connectivity index (χ1v) is 31.7. The van der Waals surface area contributed by atoms with E-state index in [1.54, 1.807) is 0 Å². The zero-order valence-electron chi connectivity index (χ0n) is 53.0. The van der Waals surface area contributed by atoms with Crippen LogP contribution in [0.15, 0.2) is 194 Å². The highest BCUT2D eigenvalue weighted by atomic mass is 16.6. The molecule has 0 aromatic carbocycles. The first-order chi connectivity index (χ1) is 41.6. The summed E-state index contributed by atoms with van der Waals surface area (Å²) < 4.78 is 14.6. The van der Waals surface area contributed by atoms with Crippen LogP contribution in [0.1, 0.15) is 201 Å². The Balaban J connectivity index is -0.00000119. The van der Waals surface area contributed by atoms with Crippen LogP contribution in [0, 0.1) is 0 Å². The fraction of sp³-hybridized carbons (Fsp3) is 0.527. The van der Waals surface area contributed by atoms with Crippen LogP contribution in [-0.2, 0) is 28.6 Å². The van der Waals surface area contributed by atoms with Gasteiger partial charge in [0.15, 0.2) is 0 Å². The number of esters is 3. The third-order valence-corrected chi connectivity index (χ3v) is 11.6. The summed E-state index contributed by atoms with van der Waals surface area (Å²) in [7, 11) is 0. The molecule has 0 saturated heterocycles. The highest BCUT2D eigenvalue weighted by molar-refractivity contribution is 5.70. The largest absolute Gasteiger partial charge is 0.463 e. The van der Waals surface area contributed by atoms with E-state index in [0.717, 1.165) is 109 Å². The normalized spacial score (nSPS) is 13.8. The first kappa shape index (κ1) is 83.3. The molecule has 11 nitrogen and oxygen atoms in total.